The van der Waals surface area contributed by atoms with Gasteiger partial charge < -0.3 is 5.32 Å². The molecule has 0 spiro atoms. The third kappa shape index (κ3) is 6.66. The third-order valence-corrected chi connectivity index (χ3v) is 2.44. The Morgan fingerprint density at radius 2 is 1.75 bits per heavy atom. The highest BCUT2D eigenvalue weighted by Gasteiger charge is 2.15. The Bertz CT molecular complexity index is 97.2. The molecule has 0 aromatic carbocycles. The zero-order chi connectivity index (χ0) is 9.45. The highest BCUT2D eigenvalue weighted by molar-refractivity contribution is 4.69. The number of hydrogen-bond acceptors (Lipinski definition) is 1. The molecular weight excluding hydrogens is 146 g/mol. The fraction of sp³-hybridized carbons (Fsp3) is 1.00. The second-order valence-electron chi connectivity index (χ2n) is 4.37. The van der Waals surface area contributed by atoms with Gasteiger partial charge in [0.2, 0.25) is 0 Å². The Morgan fingerprint density at radius 1 is 1.08 bits per heavy atom. The van der Waals surface area contributed by atoms with Crippen molar-refractivity contribution in [3.05, 3.63) is 0 Å². The standard InChI is InChI=1S/C11H25N/c1-5-7-8-11(3,4)9-10-12-6-2/h12H,5-10H2,1-4H3. The molecule has 0 aromatic heterocycles. The first kappa shape index (κ1) is 12.0. The zero-order valence-electron chi connectivity index (χ0n) is 9.24. The average molecular weight is 171 g/mol. The van der Waals surface area contributed by atoms with E-state index in [-0.39, 0.29) is 0 Å². The molecule has 1 N–H and O–H groups in total. The van der Waals surface area contributed by atoms with E-state index in [4.69, 9.17) is 0 Å². The SMILES string of the molecule is CCCCC(C)(C)CCNCC. The fourth-order valence-electron chi connectivity index (χ4n) is 1.38. The van der Waals surface area contributed by atoms with Gasteiger partial charge in [-0.25, -0.2) is 0 Å². The van der Waals surface area contributed by atoms with Crippen LogP contribution in [0.4, 0.5) is 0 Å². The van der Waals surface area contributed by atoms with Crippen LogP contribution in [0.1, 0.15) is 53.4 Å². The van der Waals surface area contributed by atoms with Gasteiger partial charge in [-0.2, -0.15) is 0 Å². The summed E-state index contributed by atoms with van der Waals surface area (Å²) in [5.41, 5.74) is 0.540. The van der Waals surface area contributed by atoms with E-state index in [0.29, 0.717) is 5.41 Å². The van der Waals surface area contributed by atoms with Crippen molar-refractivity contribution in [1.29, 1.82) is 0 Å². The van der Waals surface area contributed by atoms with Gasteiger partial charge >= 0.3 is 0 Å². The van der Waals surface area contributed by atoms with Crippen LogP contribution < -0.4 is 5.32 Å². The molecule has 0 unspecified atom stereocenters. The van der Waals surface area contributed by atoms with Crippen LogP contribution in [0.2, 0.25) is 0 Å². The molecule has 0 amide bonds. The maximum absolute atomic E-state index is 3.38. The van der Waals surface area contributed by atoms with Gasteiger partial charge in [0.05, 0.1) is 0 Å². The van der Waals surface area contributed by atoms with Crippen molar-refractivity contribution in [3.8, 4) is 0 Å². The second-order valence-corrected chi connectivity index (χ2v) is 4.37. The molecule has 0 saturated heterocycles. The summed E-state index contributed by atoms with van der Waals surface area (Å²) in [6.45, 7) is 11.5. The lowest BCUT2D eigenvalue weighted by Gasteiger charge is -2.24. The topological polar surface area (TPSA) is 12.0 Å². The first-order valence-corrected chi connectivity index (χ1v) is 5.33. The molecule has 0 rings (SSSR count). The molecule has 0 aliphatic carbocycles. The smallest absolute Gasteiger partial charge is 0.00439 e. The van der Waals surface area contributed by atoms with Crippen LogP contribution in [0.5, 0.6) is 0 Å². The van der Waals surface area contributed by atoms with Crippen LogP contribution in [0.15, 0.2) is 0 Å². The monoisotopic (exact) mass is 171 g/mol. The summed E-state index contributed by atoms with van der Waals surface area (Å²) < 4.78 is 0. The maximum atomic E-state index is 3.38. The number of rotatable bonds is 7. The van der Waals surface area contributed by atoms with E-state index < -0.39 is 0 Å². The van der Waals surface area contributed by atoms with E-state index in [2.05, 4.69) is 33.0 Å². The third-order valence-electron chi connectivity index (χ3n) is 2.44. The minimum absolute atomic E-state index is 0.540. The minimum atomic E-state index is 0.540. The summed E-state index contributed by atoms with van der Waals surface area (Å²) >= 11 is 0. The zero-order valence-corrected chi connectivity index (χ0v) is 9.24. The molecule has 74 valence electrons. The lowest BCUT2D eigenvalue weighted by atomic mass is 9.84. The van der Waals surface area contributed by atoms with E-state index >= 15 is 0 Å². The molecule has 0 fully saturated rings. The van der Waals surface area contributed by atoms with Crippen LogP contribution in [-0.2, 0) is 0 Å². The highest BCUT2D eigenvalue weighted by Crippen LogP contribution is 2.26. The summed E-state index contributed by atoms with van der Waals surface area (Å²) in [6, 6.07) is 0. The summed E-state index contributed by atoms with van der Waals surface area (Å²) in [5.74, 6) is 0. The van der Waals surface area contributed by atoms with E-state index in [1.54, 1.807) is 0 Å². The quantitative estimate of drug-likeness (QED) is 0.580. The largest absolute Gasteiger partial charge is 0.317 e. The van der Waals surface area contributed by atoms with Crippen LogP contribution in [0, 0.1) is 5.41 Å². The predicted octanol–water partition coefficient (Wildman–Crippen LogP) is 3.20. The molecule has 0 saturated carbocycles. The van der Waals surface area contributed by atoms with E-state index in [1.165, 1.54) is 32.2 Å². The van der Waals surface area contributed by atoms with Gasteiger partial charge in [0, 0.05) is 0 Å². The van der Waals surface area contributed by atoms with Gasteiger partial charge in [-0.15, -0.1) is 0 Å². The van der Waals surface area contributed by atoms with Gasteiger partial charge in [-0.1, -0.05) is 40.5 Å². The van der Waals surface area contributed by atoms with Crippen molar-refractivity contribution in [2.24, 2.45) is 5.41 Å². The van der Waals surface area contributed by atoms with Gasteiger partial charge in [-0.05, 0) is 31.3 Å². The van der Waals surface area contributed by atoms with Gasteiger partial charge in [0.1, 0.15) is 0 Å². The van der Waals surface area contributed by atoms with E-state index in [9.17, 15) is 0 Å². The molecule has 0 bridgehead atoms. The summed E-state index contributed by atoms with van der Waals surface area (Å²) in [6.07, 6.45) is 5.37. The number of unbranched alkanes of at least 4 members (excludes halogenated alkanes) is 1. The van der Waals surface area contributed by atoms with Gasteiger partial charge in [-0.3, -0.25) is 0 Å². The van der Waals surface area contributed by atoms with Crippen molar-refractivity contribution in [2.75, 3.05) is 13.1 Å². The van der Waals surface area contributed by atoms with Gasteiger partial charge in [0.25, 0.3) is 0 Å². The average Bonchev–Trinajstić information content (AvgIpc) is 2.01. The number of nitrogens with one attached hydrogen (secondary N) is 1. The van der Waals surface area contributed by atoms with Crippen LogP contribution in [-0.4, -0.2) is 13.1 Å². The lowest BCUT2D eigenvalue weighted by Crippen LogP contribution is -2.22. The summed E-state index contributed by atoms with van der Waals surface area (Å²) in [5, 5.41) is 3.38. The number of hydrogen-bond donors (Lipinski definition) is 1. The van der Waals surface area contributed by atoms with Crippen LogP contribution >= 0.6 is 0 Å². The molecule has 0 radical (unpaired) electrons. The fourth-order valence-corrected chi connectivity index (χ4v) is 1.38. The molecule has 0 heterocycles. The normalized spacial score (nSPS) is 12.0. The Balaban J connectivity index is 3.42. The molecule has 0 aliphatic rings. The van der Waals surface area contributed by atoms with E-state index in [0.717, 1.165) is 6.54 Å². The van der Waals surface area contributed by atoms with Crippen molar-refractivity contribution in [1.82, 2.24) is 5.32 Å². The maximum Gasteiger partial charge on any atom is -0.00439 e. The van der Waals surface area contributed by atoms with Crippen LogP contribution in [0.25, 0.3) is 0 Å². The van der Waals surface area contributed by atoms with Gasteiger partial charge in [0.15, 0.2) is 0 Å². The predicted molar refractivity (Wildman–Crippen MR) is 56.5 cm³/mol. The Hall–Kier alpha value is -0.0400. The van der Waals surface area contributed by atoms with Crippen molar-refractivity contribution in [2.45, 2.75) is 53.4 Å². The second kappa shape index (κ2) is 6.47. The Labute approximate surface area is 77.9 Å². The minimum Gasteiger partial charge on any atom is -0.317 e. The first-order valence-electron chi connectivity index (χ1n) is 5.33. The molecule has 0 aromatic rings. The molecular formula is C11H25N. The first-order chi connectivity index (χ1) is 5.62. The molecule has 1 nitrogen and oxygen atoms in total. The lowest BCUT2D eigenvalue weighted by molar-refractivity contribution is 0.294. The molecule has 0 atom stereocenters. The summed E-state index contributed by atoms with van der Waals surface area (Å²) in [7, 11) is 0. The Morgan fingerprint density at radius 3 is 2.25 bits per heavy atom. The van der Waals surface area contributed by atoms with Crippen LogP contribution in [0.3, 0.4) is 0 Å². The van der Waals surface area contributed by atoms with Crippen molar-refractivity contribution in [3.63, 3.8) is 0 Å². The van der Waals surface area contributed by atoms with E-state index in [1.807, 2.05) is 0 Å². The Kier molecular flexibility index (Phi) is 6.45. The summed E-state index contributed by atoms with van der Waals surface area (Å²) in [4.78, 5) is 0. The van der Waals surface area contributed by atoms with Crippen molar-refractivity contribution < 1.29 is 0 Å². The highest BCUT2D eigenvalue weighted by atomic mass is 14.8. The molecule has 12 heavy (non-hydrogen) atoms. The molecule has 1 heteroatoms. The van der Waals surface area contributed by atoms with Crippen molar-refractivity contribution >= 4 is 0 Å². The molecule has 0 aliphatic heterocycles.